The number of nitrogens with one attached hydrogen (secondary N) is 1. The molecule has 1 aliphatic heterocycles. The maximum Gasteiger partial charge on any atom is 0.258 e. The van der Waals surface area contributed by atoms with E-state index in [1.807, 2.05) is 75.4 Å². The van der Waals surface area contributed by atoms with Crippen LogP contribution in [-0.4, -0.2) is 18.1 Å². The Balaban J connectivity index is 1.44. The van der Waals surface area contributed by atoms with E-state index in [0.29, 0.717) is 12.2 Å². The normalized spacial score (nSPS) is 17.5. The molecule has 0 fully saturated rings. The first-order valence-corrected chi connectivity index (χ1v) is 9.60. The fourth-order valence-electron chi connectivity index (χ4n) is 3.73. The van der Waals surface area contributed by atoms with Crippen molar-refractivity contribution in [1.82, 2.24) is 5.32 Å². The van der Waals surface area contributed by atoms with Crippen molar-refractivity contribution < 1.29 is 14.3 Å². The summed E-state index contributed by atoms with van der Waals surface area (Å²) in [7, 11) is 0. The number of carbonyl (C=O) groups is 1. The SMILES string of the molecule is Cc1ccc2c(c1)OC(C)(C)C[C@@H]2NC(=O)COc1ccc2ccccc2c1. The van der Waals surface area contributed by atoms with Crippen LogP contribution in [0.1, 0.15) is 37.4 Å². The third-order valence-electron chi connectivity index (χ3n) is 5.05. The second kappa shape index (κ2) is 7.19. The zero-order valence-electron chi connectivity index (χ0n) is 16.5. The molecular formula is C24H25NO3. The summed E-state index contributed by atoms with van der Waals surface area (Å²) >= 11 is 0. The van der Waals surface area contributed by atoms with Gasteiger partial charge in [0.25, 0.3) is 5.91 Å². The van der Waals surface area contributed by atoms with E-state index < -0.39 is 0 Å². The summed E-state index contributed by atoms with van der Waals surface area (Å²) < 4.78 is 11.8. The Kier molecular flexibility index (Phi) is 4.71. The predicted octanol–water partition coefficient (Wildman–Crippen LogP) is 4.95. The molecule has 1 N–H and O–H groups in total. The van der Waals surface area contributed by atoms with E-state index in [9.17, 15) is 4.79 Å². The van der Waals surface area contributed by atoms with Crippen LogP contribution < -0.4 is 14.8 Å². The Morgan fingerprint density at radius 2 is 1.89 bits per heavy atom. The van der Waals surface area contributed by atoms with Gasteiger partial charge in [0.05, 0.1) is 6.04 Å². The minimum absolute atomic E-state index is 0.0165. The van der Waals surface area contributed by atoms with Crippen LogP contribution in [0.4, 0.5) is 0 Å². The molecule has 4 rings (SSSR count). The predicted molar refractivity (Wildman–Crippen MR) is 111 cm³/mol. The number of ether oxygens (including phenoxy) is 2. The van der Waals surface area contributed by atoms with Gasteiger partial charge in [-0.05, 0) is 55.3 Å². The van der Waals surface area contributed by atoms with Gasteiger partial charge >= 0.3 is 0 Å². The molecule has 144 valence electrons. The second-order valence-electron chi connectivity index (χ2n) is 8.02. The molecule has 1 heterocycles. The van der Waals surface area contributed by atoms with Gasteiger partial charge in [0.15, 0.2) is 6.61 Å². The van der Waals surface area contributed by atoms with Crippen LogP contribution >= 0.6 is 0 Å². The highest BCUT2D eigenvalue weighted by Crippen LogP contribution is 2.39. The largest absolute Gasteiger partial charge is 0.487 e. The fraction of sp³-hybridized carbons (Fsp3) is 0.292. The van der Waals surface area contributed by atoms with Crippen LogP contribution in [0.3, 0.4) is 0 Å². The highest BCUT2D eigenvalue weighted by molar-refractivity contribution is 5.84. The molecule has 3 aromatic carbocycles. The molecule has 28 heavy (non-hydrogen) atoms. The minimum Gasteiger partial charge on any atom is -0.487 e. The summed E-state index contributed by atoms with van der Waals surface area (Å²) in [6, 6.07) is 20.0. The summed E-state index contributed by atoms with van der Waals surface area (Å²) in [5.74, 6) is 1.40. The zero-order chi connectivity index (χ0) is 19.7. The van der Waals surface area contributed by atoms with Crippen LogP contribution in [0, 0.1) is 6.92 Å². The number of amides is 1. The molecule has 0 saturated carbocycles. The lowest BCUT2D eigenvalue weighted by molar-refractivity contribution is -0.124. The molecule has 0 radical (unpaired) electrons. The highest BCUT2D eigenvalue weighted by atomic mass is 16.5. The molecule has 1 amide bonds. The average molecular weight is 375 g/mol. The third-order valence-corrected chi connectivity index (χ3v) is 5.05. The van der Waals surface area contributed by atoms with Gasteiger partial charge in [-0.15, -0.1) is 0 Å². The molecule has 0 aromatic heterocycles. The van der Waals surface area contributed by atoms with Gasteiger partial charge in [0.1, 0.15) is 17.1 Å². The van der Waals surface area contributed by atoms with Crippen molar-refractivity contribution in [2.24, 2.45) is 0 Å². The number of aryl methyl sites for hydroxylation is 1. The van der Waals surface area contributed by atoms with Gasteiger partial charge in [-0.3, -0.25) is 4.79 Å². The van der Waals surface area contributed by atoms with E-state index in [2.05, 4.69) is 11.4 Å². The first-order valence-electron chi connectivity index (χ1n) is 9.60. The zero-order valence-corrected chi connectivity index (χ0v) is 16.5. The Hall–Kier alpha value is -3.01. The van der Waals surface area contributed by atoms with E-state index in [-0.39, 0.29) is 24.2 Å². The number of hydrogen-bond donors (Lipinski definition) is 1. The topological polar surface area (TPSA) is 47.6 Å². The first kappa shape index (κ1) is 18.4. The van der Waals surface area contributed by atoms with Gasteiger partial charge < -0.3 is 14.8 Å². The Morgan fingerprint density at radius 1 is 1.11 bits per heavy atom. The smallest absolute Gasteiger partial charge is 0.258 e. The fourth-order valence-corrected chi connectivity index (χ4v) is 3.73. The van der Waals surface area contributed by atoms with Crippen LogP contribution in [0.25, 0.3) is 10.8 Å². The van der Waals surface area contributed by atoms with Gasteiger partial charge in [0, 0.05) is 12.0 Å². The summed E-state index contributed by atoms with van der Waals surface area (Å²) in [6.07, 6.45) is 0.713. The molecular weight excluding hydrogens is 350 g/mol. The molecule has 1 aliphatic rings. The van der Waals surface area contributed by atoms with E-state index in [4.69, 9.17) is 9.47 Å². The molecule has 3 aromatic rings. The van der Waals surface area contributed by atoms with Crippen molar-refractivity contribution in [3.05, 3.63) is 71.8 Å². The van der Waals surface area contributed by atoms with Gasteiger partial charge in [-0.1, -0.05) is 42.5 Å². The summed E-state index contributed by atoms with van der Waals surface area (Å²) in [5, 5.41) is 5.36. The number of carbonyl (C=O) groups excluding carboxylic acids is 1. The van der Waals surface area contributed by atoms with Crippen molar-refractivity contribution >= 4 is 16.7 Å². The minimum atomic E-state index is -0.335. The number of hydrogen-bond acceptors (Lipinski definition) is 3. The molecule has 0 saturated heterocycles. The molecule has 0 bridgehead atoms. The quantitative estimate of drug-likeness (QED) is 0.702. The Bertz CT molecular complexity index is 1030. The molecule has 4 nitrogen and oxygen atoms in total. The molecule has 0 spiro atoms. The molecule has 0 unspecified atom stereocenters. The maximum absolute atomic E-state index is 12.6. The van der Waals surface area contributed by atoms with Crippen LogP contribution in [0.5, 0.6) is 11.5 Å². The lowest BCUT2D eigenvalue weighted by atomic mass is 9.89. The van der Waals surface area contributed by atoms with Crippen molar-refractivity contribution in [3.63, 3.8) is 0 Å². The van der Waals surface area contributed by atoms with Crippen LogP contribution in [0.2, 0.25) is 0 Å². The lowest BCUT2D eigenvalue weighted by Gasteiger charge is -2.38. The summed E-state index contributed by atoms with van der Waals surface area (Å²) in [6.45, 7) is 6.11. The lowest BCUT2D eigenvalue weighted by Crippen LogP contribution is -2.42. The van der Waals surface area contributed by atoms with Gasteiger partial charge in [0.2, 0.25) is 0 Å². The first-order chi connectivity index (χ1) is 13.4. The molecule has 0 aliphatic carbocycles. The van der Waals surface area contributed by atoms with Crippen molar-refractivity contribution in [2.75, 3.05) is 6.61 Å². The third kappa shape index (κ3) is 3.96. The van der Waals surface area contributed by atoms with E-state index in [1.165, 1.54) is 0 Å². The highest BCUT2D eigenvalue weighted by Gasteiger charge is 2.34. The van der Waals surface area contributed by atoms with Gasteiger partial charge in [-0.2, -0.15) is 0 Å². The summed E-state index contributed by atoms with van der Waals surface area (Å²) in [5.41, 5.74) is 1.82. The summed E-state index contributed by atoms with van der Waals surface area (Å²) in [4.78, 5) is 12.6. The Morgan fingerprint density at radius 3 is 2.71 bits per heavy atom. The van der Waals surface area contributed by atoms with Crippen LogP contribution in [-0.2, 0) is 4.79 Å². The average Bonchev–Trinajstić information content (AvgIpc) is 2.65. The van der Waals surface area contributed by atoms with E-state index in [1.54, 1.807) is 0 Å². The van der Waals surface area contributed by atoms with Crippen LogP contribution in [0.15, 0.2) is 60.7 Å². The molecule has 1 atom stereocenters. The van der Waals surface area contributed by atoms with Crippen molar-refractivity contribution in [1.29, 1.82) is 0 Å². The number of fused-ring (bicyclic) bond motifs is 2. The standard InChI is InChI=1S/C24H25NO3/c1-16-8-11-20-21(14-24(2,3)28-22(20)12-16)25-23(26)15-27-19-10-9-17-6-4-5-7-18(17)13-19/h4-13,21H,14-15H2,1-3H3,(H,25,26)/t21-/m0/s1. The van der Waals surface area contributed by atoms with Gasteiger partial charge in [-0.25, -0.2) is 0 Å². The van der Waals surface area contributed by atoms with Crippen molar-refractivity contribution in [2.45, 2.75) is 38.8 Å². The van der Waals surface area contributed by atoms with E-state index >= 15 is 0 Å². The van der Waals surface area contributed by atoms with E-state index in [0.717, 1.165) is 27.6 Å². The molecule has 4 heteroatoms. The monoisotopic (exact) mass is 375 g/mol. The Labute approximate surface area is 165 Å². The second-order valence-corrected chi connectivity index (χ2v) is 8.02. The van der Waals surface area contributed by atoms with Crippen molar-refractivity contribution in [3.8, 4) is 11.5 Å². The number of benzene rings is 3. The maximum atomic E-state index is 12.6. The number of rotatable bonds is 4.